The quantitative estimate of drug-likeness (QED) is 0.797. The van der Waals surface area contributed by atoms with Gasteiger partial charge in [0.1, 0.15) is 10.7 Å². The van der Waals surface area contributed by atoms with Gasteiger partial charge in [-0.15, -0.1) is 0 Å². The van der Waals surface area contributed by atoms with E-state index in [4.69, 9.17) is 5.73 Å². The van der Waals surface area contributed by atoms with E-state index in [0.29, 0.717) is 0 Å². The van der Waals surface area contributed by atoms with Crippen LogP contribution in [0.25, 0.3) is 0 Å². The first-order valence-corrected chi connectivity index (χ1v) is 6.36. The molecule has 1 aromatic rings. The fourth-order valence-corrected chi connectivity index (χ4v) is 2.40. The van der Waals surface area contributed by atoms with E-state index in [0.717, 1.165) is 6.07 Å². The highest BCUT2D eigenvalue weighted by molar-refractivity contribution is 7.89. The fourth-order valence-electron chi connectivity index (χ4n) is 1.21. The zero-order chi connectivity index (χ0) is 13.1. The molecule has 3 N–H and O–H groups in total. The van der Waals surface area contributed by atoms with Gasteiger partial charge in [0.25, 0.3) is 0 Å². The highest BCUT2D eigenvalue weighted by Crippen LogP contribution is 2.16. The second-order valence-electron chi connectivity index (χ2n) is 3.50. The first kappa shape index (κ1) is 13.6. The van der Waals surface area contributed by atoms with Gasteiger partial charge in [-0.3, -0.25) is 4.79 Å². The molecule has 1 rings (SSSR count). The van der Waals surface area contributed by atoms with E-state index in [2.05, 4.69) is 4.72 Å². The van der Waals surface area contributed by atoms with Crippen LogP contribution < -0.4 is 10.5 Å². The Morgan fingerprint density at radius 1 is 1.47 bits per heavy atom. The molecule has 0 aromatic heterocycles. The third kappa shape index (κ3) is 3.50. The second-order valence-corrected chi connectivity index (χ2v) is 5.24. The molecule has 0 aliphatic rings. The molecular weight excluding hydrogens is 247 g/mol. The minimum Gasteiger partial charge on any atom is -0.370 e. The molecule has 0 atom stereocenters. The molecular formula is C10H13FN2O3S. The molecule has 0 saturated carbocycles. The van der Waals surface area contributed by atoms with Crippen LogP contribution in [0.15, 0.2) is 23.1 Å². The summed E-state index contributed by atoms with van der Waals surface area (Å²) in [5, 5.41) is 0. The summed E-state index contributed by atoms with van der Waals surface area (Å²) in [5.74, 6) is -1.42. The molecule has 1 aromatic carbocycles. The molecule has 0 aliphatic carbocycles. The van der Waals surface area contributed by atoms with Crippen LogP contribution in [0.3, 0.4) is 0 Å². The van der Waals surface area contributed by atoms with Crippen molar-refractivity contribution in [2.24, 2.45) is 5.73 Å². The van der Waals surface area contributed by atoms with Crippen LogP contribution in [0.5, 0.6) is 0 Å². The molecule has 7 heteroatoms. The topological polar surface area (TPSA) is 89.3 Å². The predicted octanol–water partition coefficient (Wildman–Crippen LogP) is 0.288. The highest BCUT2D eigenvalue weighted by atomic mass is 32.2. The van der Waals surface area contributed by atoms with E-state index >= 15 is 0 Å². The lowest BCUT2D eigenvalue weighted by atomic mass is 10.2. The summed E-state index contributed by atoms with van der Waals surface area (Å²) < 4.78 is 39.0. The number of nitrogens with two attached hydrogens (primary N) is 1. The summed E-state index contributed by atoms with van der Waals surface area (Å²) in [6.45, 7) is 1.32. The van der Waals surface area contributed by atoms with Crippen molar-refractivity contribution in [3.05, 3.63) is 29.6 Å². The Morgan fingerprint density at radius 3 is 2.71 bits per heavy atom. The van der Waals surface area contributed by atoms with Crippen LogP contribution in [0.1, 0.15) is 12.0 Å². The zero-order valence-corrected chi connectivity index (χ0v) is 10.1. The van der Waals surface area contributed by atoms with Crippen molar-refractivity contribution in [3.8, 4) is 0 Å². The molecule has 0 saturated heterocycles. The van der Waals surface area contributed by atoms with Gasteiger partial charge in [0.2, 0.25) is 15.9 Å². The Hall–Kier alpha value is -1.47. The van der Waals surface area contributed by atoms with Gasteiger partial charge < -0.3 is 5.73 Å². The highest BCUT2D eigenvalue weighted by Gasteiger charge is 2.19. The molecule has 0 fully saturated rings. The Bertz CT molecular complexity index is 528. The van der Waals surface area contributed by atoms with E-state index < -0.39 is 26.6 Å². The van der Waals surface area contributed by atoms with Crippen molar-refractivity contribution in [2.45, 2.75) is 18.2 Å². The number of hydrogen-bond acceptors (Lipinski definition) is 3. The molecule has 0 spiro atoms. The Labute approximate surface area is 98.9 Å². The van der Waals surface area contributed by atoms with Gasteiger partial charge >= 0.3 is 0 Å². The number of rotatable bonds is 5. The first-order valence-electron chi connectivity index (χ1n) is 4.87. The van der Waals surface area contributed by atoms with Gasteiger partial charge in [0, 0.05) is 13.0 Å². The van der Waals surface area contributed by atoms with E-state index in [1.165, 1.54) is 19.1 Å². The van der Waals surface area contributed by atoms with Crippen LogP contribution in [0.2, 0.25) is 0 Å². The van der Waals surface area contributed by atoms with E-state index in [9.17, 15) is 17.6 Å². The van der Waals surface area contributed by atoms with Crippen molar-refractivity contribution in [2.75, 3.05) is 6.54 Å². The average molecular weight is 260 g/mol. The van der Waals surface area contributed by atoms with Crippen LogP contribution in [-0.4, -0.2) is 20.9 Å². The van der Waals surface area contributed by atoms with Crippen molar-refractivity contribution in [1.29, 1.82) is 0 Å². The molecule has 94 valence electrons. The Balaban J connectivity index is 2.90. The maximum atomic E-state index is 13.6. The lowest BCUT2D eigenvalue weighted by Crippen LogP contribution is -2.28. The number of halogens is 1. The summed E-state index contributed by atoms with van der Waals surface area (Å²) in [6.07, 6.45) is -0.132. The summed E-state index contributed by atoms with van der Waals surface area (Å²) >= 11 is 0. The van der Waals surface area contributed by atoms with Gasteiger partial charge in [0.15, 0.2) is 0 Å². The van der Waals surface area contributed by atoms with Crippen LogP contribution in [0, 0.1) is 12.7 Å². The number of benzene rings is 1. The number of primary amides is 1. The zero-order valence-electron chi connectivity index (χ0n) is 9.23. The molecule has 0 aliphatic heterocycles. The maximum Gasteiger partial charge on any atom is 0.243 e. The van der Waals surface area contributed by atoms with Crippen molar-refractivity contribution in [1.82, 2.24) is 4.72 Å². The summed E-state index contributed by atoms with van der Waals surface area (Å²) in [5.41, 5.74) is 5.11. The van der Waals surface area contributed by atoms with Gasteiger partial charge in [0.05, 0.1) is 0 Å². The third-order valence-corrected chi connectivity index (χ3v) is 3.59. The van der Waals surface area contributed by atoms with Gasteiger partial charge in [-0.1, -0.05) is 12.1 Å². The second kappa shape index (κ2) is 5.24. The van der Waals surface area contributed by atoms with Gasteiger partial charge in [-0.05, 0) is 18.6 Å². The summed E-state index contributed by atoms with van der Waals surface area (Å²) in [7, 11) is -3.94. The van der Waals surface area contributed by atoms with Crippen LogP contribution >= 0.6 is 0 Å². The van der Waals surface area contributed by atoms with Gasteiger partial charge in [-0.2, -0.15) is 0 Å². The molecule has 5 nitrogen and oxygen atoms in total. The SMILES string of the molecule is Cc1cccc(S(=O)(=O)NCCC(N)=O)c1F. The lowest BCUT2D eigenvalue weighted by molar-refractivity contribution is -0.117. The molecule has 0 bridgehead atoms. The standard InChI is InChI=1S/C10H13FN2O3S/c1-7-3-2-4-8(10(7)11)17(15,16)13-6-5-9(12)14/h2-4,13H,5-6H2,1H3,(H2,12,14). The number of sulfonamides is 1. The number of aryl methyl sites for hydroxylation is 1. The normalized spacial score (nSPS) is 11.4. The van der Waals surface area contributed by atoms with Crippen molar-refractivity contribution in [3.63, 3.8) is 0 Å². The van der Waals surface area contributed by atoms with E-state index in [1.54, 1.807) is 0 Å². The summed E-state index contributed by atoms with van der Waals surface area (Å²) in [6, 6.07) is 4.08. The van der Waals surface area contributed by atoms with Crippen molar-refractivity contribution < 1.29 is 17.6 Å². The number of amides is 1. The van der Waals surface area contributed by atoms with E-state index in [-0.39, 0.29) is 18.5 Å². The lowest BCUT2D eigenvalue weighted by Gasteiger charge is -2.07. The minimum atomic E-state index is -3.94. The molecule has 17 heavy (non-hydrogen) atoms. The Morgan fingerprint density at radius 2 is 2.12 bits per heavy atom. The number of hydrogen-bond donors (Lipinski definition) is 2. The summed E-state index contributed by atoms with van der Waals surface area (Å²) in [4.78, 5) is 10.0. The third-order valence-electron chi connectivity index (χ3n) is 2.11. The molecule has 0 unspecified atom stereocenters. The molecule has 1 amide bonds. The average Bonchev–Trinajstić information content (AvgIpc) is 2.21. The van der Waals surface area contributed by atoms with Crippen LogP contribution in [-0.2, 0) is 14.8 Å². The van der Waals surface area contributed by atoms with Gasteiger partial charge in [-0.25, -0.2) is 17.5 Å². The maximum absolute atomic E-state index is 13.6. The monoisotopic (exact) mass is 260 g/mol. The molecule has 0 radical (unpaired) electrons. The predicted molar refractivity (Wildman–Crippen MR) is 60.1 cm³/mol. The Kier molecular flexibility index (Phi) is 4.19. The van der Waals surface area contributed by atoms with Crippen molar-refractivity contribution >= 4 is 15.9 Å². The first-order chi connectivity index (χ1) is 7.84. The largest absolute Gasteiger partial charge is 0.370 e. The number of carbonyl (C=O) groups excluding carboxylic acids is 1. The van der Waals surface area contributed by atoms with E-state index in [1.807, 2.05) is 0 Å². The smallest absolute Gasteiger partial charge is 0.243 e. The minimum absolute atomic E-state index is 0.132. The van der Waals surface area contributed by atoms with Crippen LogP contribution in [0.4, 0.5) is 4.39 Å². The molecule has 0 heterocycles. The number of nitrogens with one attached hydrogen (secondary N) is 1. The number of carbonyl (C=O) groups is 1. The fraction of sp³-hybridized carbons (Fsp3) is 0.300.